The molecule has 3 aromatic rings. The van der Waals surface area contributed by atoms with Gasteiger partial charge in [-0.05, 0) is 6.07 Å². The van der Waals surface area contributed by atoms with Crippen LogP contribution in [0.25, 0.3) is 21.8 Å². The van der Waals surface area contributed by atoms with Gasteiger partial charge in [-0.1, -0.05) is 12.1 Å². The van der Waals surface area contributed by atoms with E-state index in [2.05, 4.69) is 15.0 Å². The van der Waals surface area contributed by atoms with Crippen LogP contribution < -0.4 is 11.3 Å². The highest BCUT2D eigenvalue weighted by atomic mass is 19.1. The number of nitrogens with zero attached hydrogens (tertiary/aromatic N) is 2. The van der Waals surface area contributed by atoms with Gasteiger partial charge < -0.3 is 5.73 Å². The van der Waals surface area contributed by atoms with Gasteiger partial charge in [-0.3, -0.25) is 14.8 Å². The quantitative estimate of drug-likeness (QED) is 0.568. The molecule has 2 heterocycles. The van der Waals surface area contributed by atoms with E-state index in [-0.39, 0.29) is 22.4 Å². The highest BCUT2D eigenvalue weighted by molar-refractivity contribution is 6.02. The maximum atomic E-state index is 13.5. The molecule has 0 aliphatic heterocycles. The maximum absolute atomic E-state index is 13.5. The molecule has 3 rings (SSSR count). The number of hydrogen-bond acceptors (Lipinski definition) is 4. The number of nitrogens with one attached hydrogen (secondary N) is 1. The van der Waals surface area contributed by atoms with Crippen LogP contribution in [0.5, 0.6) is 0 Å². The predicted molar refractivity (Wildman–Crippen MR) is 62.0 cm³/mol. The van der Waals surface area contributed by atoms with Crippen molar-refractivity contribution in [2.75, 3.05) is 5.73 Å². The standard InChI is InChI=1S/C11H7FN4O/c12-7-3-1-2-5-8-6(4-14-9(5)7)10(17)16-11(13)15-8/h1-4H,(H3,13,15,16,17). The zero-order valence-corrected chi connectivity index (χ0v) is 8.57. The lowest BCUT2D eigenvalue weighted by Gasteiger charge is -2.03. The van der Waals surface area contributed by atoms with E-state index in [0.29, 0.717) is 10.9 Å². The molecule has 5 nitrogen and oxygen atoms in total. The summed E-state index contributed by atoms with van der Waals surface area (Å²) in [5.41, 5.74) is 5.63. The molecule has 0 saturated heterocycles. The summed E-state index contributed by atoms with van der Waals surface area (Å²) in [4.78, 5) is 21.9. The molecule has 0 fully saturated rings. The second kappa shape index (κ2) is 3.24. The minimum atomic E-state index is -0.454. The minimum absolute atomic E-state index is 0.000684. The molecule has 84 valence electrons. The first-order chi connectivity index (χ1) is 8.16. The van der Waals surface area contributed by atoms with E-state index >= 15 is 0 Å². The highest BCUT2D eigenvalue weighted by Gasteiger charge is 2.09. The number of hydrogen-bond donors (Lipinski definition) is 2. The molecule has 0 unspecified atom stereocenters. The number of rotatable bonds is 0. The second-order valence-electron chi connectivity index (χ2n) is 3.61. The fourth-order valence-corrected chi connectivity index (χ4v) is 1.79. The van der Waals surface area contributed by atoms with Gasteiger partial charge in [0.2, 0.25) is 5.95 Å². The van der Waals surface area contributed by atoms with E-state index in [1.807, 2.05) is 0 Å². The topological polar surface area (TPSA) is 84.7 Å². The second-order valence-corrected chi connectivity index (χ2v) is 3.61. The minimum Gasteiger partial charge on any atom is -0.369 e. The first-order valence-electron chi connectivity index (χ1n) is 4.89. The zero-order valence-electron chi connectivity index (χ0n) is 8.57. The van der Waals surface area contributed by atoms with Crippen LogP contribution in [0.1, 0.15) is 0 Å². The van der Waals surface area contributed by atoms with Gasteiger partial charge in [0.1, 0.15) is 11.3 Å². The Morgan fingerprint density at radius 2 is 2.06 bits per heavy atom. The number of halogens is 1. The van der Waals surface area contributed by atoms with Crippen molar-refractivity contribution in [2.24, 2.45) is 0 Å². The number of aromatic amines is 1. The van der Waals surface area contributed by atoms with Crippen molar-refractivity contribution < 1.29 is 4.39 Å². The highest BCUT2D eigenvalue weighted by Crippen LogP contribution is 2.21. The normalized spacial score (nSPS) is 11.1. The van der Waals surface area contributed by atoms with Gasteiger partial charge in [-0.25, -0.2) is 9.37 Å². The smallest absolute Gasteiger partial charge is 0.261 e. The molecule has 0 spiro atoms. The van der Waals surface area contributed by atoms with Crippen molar-refractivity contribution >= 4 is 27.8 Å². The summed E-state index contributed by atoms with van der Waals surface area (Å²) in [6.45, 7) is 0. The van der Waals surface area contributed by atoms with Gasteiger partial charge in [0.15, 0.2) is 0 Å². The summed E-state index contributed by atoms with van der Waals surface area (Å²) in [6.07, 6.45) is 1.30. The van der Waals surface area contributed by atoms with E-state index in [9.17, 15) is 9.18 Å². The number of anilines is 1. The predicted octanol–water partition coefficient (Wildman–Crippen LogP) is 1.19. The first kappa shape index (κ1) is 9.71. The number of fused-ring (bicyclic) bond motifs is 3. The third kappa shape index (κ3) is 1.34. The average Bonchev–Trinajstić information content (AvgIpc) is 2.29. The lowest BCUT2D eigenvalue weighted by molar-refractivity contribution is 0.637. The largest absolute Gasteiger partial charge is 0.369 e. The molecule has 0 bridgehead atoms. The van der Waals surface area contributed by atoms with Gasteiger partial charge in [-0.2, -0.15) is 0 Å². The van der Waals surface area contributed by atoms with Crippen LogP contribution >= 0.6 is 0 Å². The fourth-order valence-electron chi connectivity index (χ4n) is 1.79. The molecule has 2 aromatic heterocycles. The molecule has 17 heavy (non-hydrogen) atoms. The van der Waals surface area contributed by atoms with Crippen LogP contribution in [-0.2, 0) is 0 Å². The van der Waals surface area contributed by atoms with Crippen LogP contribution in [-0.4, -0.2) is 15.0 Å². The Morgan fingerprint density at radius 1 is 1.24 bits per heavy atom. The Balaban J connectivity index is 2.65. The third-order valence-electron chi connectivity index (χ3n) is 2.54. The van der Waals surface area contributed by atoms with Crippen LogP contribution in [0, 0.1) is 5.82 Å². The number of nitrogens with two attached hydrogens (primary N) is 1. The molecule has 0 aliphatic carbocycles. The Kier molecular flexibility index (Phi) is 1.85. The summed E-state index contributed by atoms with van der Waals surface area (Å²) in [6, 6.07) is 4.50. The van der Waals surface area contributed by atoms with Crippen LogP contribution in [0.15, 0.2) is 29.2 Å². The van der Waals surface area contributed by atoms with E-state index in [0.717, 1.165) is 0 Å². The average molecular weight is 230 g/mol. The first-order valence-corrected chi connectivity index (χ1v) is 4.89. The summed E-state index contributed by atoms with van der Waals surface area (Å²) in [5, 5.41) is 0.762. The van der Waals surface area contributed by atoms with Gasteiger partial charge in [-0.15, -0.1) is 0 Å². The fraction of sp³-hybridized carbons (Fsp3) is 0. The molecular formula is C11H7FN4O. The Bertz CT molecular complexity index is 796. The van der Waals surface area contributed by atoms with Crippen LogP contribution in [0.3, 0.4) is 0 Å². The van der Waals surface area contributed by atoms with Crippen molar-refractivity contribution in [1.29, 1.82) is 0 Å². The Morgan fingerprint density at radius 3 is 2.88 bits per heavy atom. The number of aromatic nitrogens is 3. The van der Waals surface area contributed by atoms with Gasteiger partial charge in [0.25, 0.3) is 5.56 Å². The van der Waals surface area contributed by atoms with Gasteiger partial charge >= 0.3 is 0 Å². The number of nitrogen functional groups attached to an aromatic ring is 1. The third-order valence-corrected chi connectivity index (χ3v) is 2.54. The molecule has 0 aliphatic rings. The molecular weight excluding hydrogens is 223 g/mol. The van der Waals surface area contributed by atoms with Crippen molar-refractivity contribution in [1.82, 2.24) is 15.0 Å². The number of H-pyrrole nitrogens is 1. The Hall–Kier alpha value is -2.50. The lowest BCUT2D eigenvalue weighted by atomic mass is 10.1. The summed E-state index contributed by atoms with van der Waals surface area (Å²) < 4.78 is 13.5. The number of para-hydroxylation sites is 1. The summed E-state index contributed by atoms with van der Waals surface area (Å²) in [5.74, 6) is -0.454. The van der Waals surface area contributed by atoms with Crippen molar-refractivity contribution in [3.05, 3.63) is 40.6 Å². The molecule has 1 aromatic carbocycles. The zero-order chi connectivity index (χ0) is 12.0. The summed E-state index contributed by atoms with van der Waals surface area (Å²) in [7, 11) is 0. The molecule has 0 amide bonds. The maximum Gasteiger partial charge on any atom is 0.261 e. The molecule has 3 N–H and O–H groups in total. The Labute approximate surface area is 94.1 Å². The van der Waals surface area contributed by atoms with E-state index in [1.165, 1.54) is 18.3 Å². The van der Waals surface area contributed by atoms with E-state index < -0.39 is 5.82 Å². The van der Waals surface area contributed by atoms with Crippen LogP contribution in [0.2, 0.25) is 0 Å². The molecule has 0 saturated carbocycles. The molecule has 0 radical (unpaired) electrons. The monoisotopic (exact) mass is 230 g/mol. The van der Waals surface area contributed by atoms with E-state index in [4.69, 9.17) is 5.73 Å². The summed E-state index contributed by atoms with van der Waals surface area (Å²) >= 11 is 0. The number of benzene rings is 1. The van der Waals surface area contributed by atoms with Crippen molar-refractivity contribution in [3.63, 3.8) is 0 Å². The van der Waals surface area contributed by atoms with Gasteiger partial charge in [0, 0.05) is 11.6 Å². The van der Waals surface area contributed by atoms with Crippen molar-refractivity contribution in [3.8, 4) is 0 Å². The van der Waals surface area contributed by atoms with Crippen LogP contribution in [0.4, 0.5) is 10.3 Å². The number of pyridine rings is 1. The molecule has 0 atom stereocenters. The molecule has 6 heteroatoms. The van der Waals surface area contributed by atoms with Crippen molar-refractivity contribution in [2.45, 2.75) is 0 Å². The van der Waals surface area contributed by atoms with E-state index in [1.54, 1.807) is 6.07 Å². The SMILES string of the molecule is Nc1nc2c(cnc3c(F)cccc32)c(=O)[nH]1. The lowest BCUT2D eigenvalue weighted by Crippen LogP contribution is -2.11. The van der Waals surface area contributed by atoms with Gasteiger partial charge in [0.05, 0.1) is 10.9 Å².